The second kappa shape index (κ2) is 12.6. The van der Waals surface area contributed by atoms with Crippen LogP contribution < -0.4 is 5.48 Å². The summed E-state index contributed by atoms with van der Waals surface area (Å²) in [5.41, 5.74) is 3.13. The Labute approximate surface area is 176 Å². The molecule has 7 nitrogen and oxygen atoms in total. The lowest BCUT2D eigenvalue weighted by Gasteiger charge is -2.07. The fourth-order valence-corrected chi connectivity index (χ4v) is 3.41. The number of nitrogens with zero attached hydrogens (tertiary/aromatic N) is 1. The molecule has 0 aliphatic carbocycles. The van der Waals surface area contributed by atoms with Crippen LogP contribution in [0.2, 0.25) is 0 Å². The Morgan fingerprint density at radius 2 is 1.70 bits per heavy atom. The summed E-state index contributed by atoms with van der Waals surface area (Å²) in [5, 5.41) is 13.1. The molecular formula is C23H30N2O5. The van der Waals surface area contributed by atoms with Crippen molar-refractivity contribution in [2.45, 2.75) is 71.1 Å². The third-order valence-corrected chi connectivity index (χ3v) is 5.03. The smallest absolute Gasteiger partial charge is 0.332 e. The largest absolute Gasteiger partial charge is 0.341 e. The van der Waals surface area contributed by atoms with E-state index in [1.54, 1.807) is 6.07 Å². The highest BCUT2D eigenvalue weighted by Crippen LogP contribution is 2.30. The maximum absolute atomic E-state index is 11.7. The van der Waals surface area contributed by atoms with Crippen LogP contribution in [0.5, 0.6) is 0 Å². The summed E-state index contributed by atoms with van der Waals surface area (Å²) in [5.74, 6) is -0.710. The standard InChI is InChI=1S/C23H30N2O5/c1-2-3-6-15-22(27)30-24-21(26)14-8-5-4-7-12-19-17-16-18-11-9-10-13-20(18)23(19)25(28)29/h9-11,13,16-17H,2-8,12,14-15H2,1H3,(H,24,26). The summed E-state index contributed by atoms with van der Waals surface area (Å²) in [6.45, 7) is 2.05. The molecule has 0 saturated heterocycles. The summed E-state index contributed by atoms with van der Waals surface area (Å²) < 4.78 is 0. The van der Waals surface area contributed by atoms with Crippen molar-refractivity contribution < 1.29 is 19.3 Å². The van der Waals surface area contributed by atoms with Crippen LogP contribution in [0.4, 0.5) is 5.69 Å². The fourth-order valence-electron chi connectivity index (χ4n) is 3.41. The maximum atomic E-state index is 11.7. The first-order chi connectivity index (χ1) is 14.5. The normalized spacial score (nSPS) is 10.7. The maximum Gasteiger partial charge on any atom is 0.332 e. The van der Waals surface area contributed by atoms with Crippen LogP contribution >= 0.6 is 0 Å². The van der Waals surface area contributed by atoms with Crippen LogP contribution in [0, 0.1) is 10.1 Å². The molecule has 0 spiro atoms. The predicted molar refractivity (Wildman–Crippen MR) is 116 cm³/mol. The van der Waals surface area contributed by atoms with E-state index in [0.29, 0.717) is 31.1 Å². The van der Waals surface area contributed by atoms with Crippen molar-refractivity contribution >= 4 is 28.3 Å². The zero-order valence-electron chi connectivity index (χ0n) is 17.5. The lowest BCUT2D eigenvalue weighted by atomic mass is 9.99. The predicted octanol–water partition coefficient (Wildman–Crippen LogP) is 5.40. The minimum atomic E-state index is -0.409. The van der Waals surface area contributed by atoms with Gasteiger partial charge in [0.05, 0.1) is 10.3 Å². The molecule has 30 heavy (non-hydrogen) atoms. The number of aryl methyl sites for hydroxylation is 1. The van der Waals surface area contributed by atoms with E-state index in [2.05, 4.69) is 12.4 Å². The molecule has 0 heterocycles. The van der Waals surface area contributed by atoms with Crippen molar-refractivity contribution in [3.8, 4) is 0 Å². The SMILES string of the molecule is CCCCCC(=O)ONC(=O)CCCCCCc1ccc2ccccc2c1[N+](=O)[O-]. The molecular weight excluding hydrogens is 384 g/mol. The highest BCUT2D eigenvalue weighted by Gasteiger charge is 2.17. The summed E-state index contributed by atoms with van der Waals surface area (Å²) in [4.78, 5) is 39.2. The molecule has 1 amide bonds. The molecule has 1 N–H and O–H groups in total. The van der Waals surface area contributed by atoms with Crippen LogP contribution in [-0.2, 0) is 20.8 Å². The third-order valence-electron chi connectivity index (χ3n) is 5.03. The molecule has 0 radical (unpaired) electrons. The summed E-state index contributed by atoms with van der Waals surface area (Å²) in [6, 6.07) is 11.1. The van der Waals surface area contributed by atoms with Gasteiger partial charge in [-0.25, -0.2) is 4.79 Å². The summed E-state index contributed by atoms with van der Waals surface area (Å²) in [6.07, 6.45) is 7.18. The molecule has 0 unspecified atom stereocenters. The van der Waals surface area contributed by atoms with Crippen LogP contribution in [0.15, 0.2) is 36.4 Å². The highest BCUT2D eigenvalue weighted by molar-refractivity contribution is 5.92. The van der Waals surface area contributed by atoms with Gasteiger partial charge in [-0.05, 0) is 37.1 Å². The van der Waals surface area contributed by atoms with E-state index in [9.17, 15) is 19.7 Å². The molecule has 0 aliphatic heterocycles. The first kappa shape index (κ1) is 23.3. The van der Waals surface area contributed by atoms with Crippen molar-refractivity contribution in [2.75, 3.05) is 0 Å². The molecule has 2 rings (SSSR count). The minimum absolute atomic E-state index is 0.188. The number of rotatable bonds is 12. The molecule has 0 aromatic heterocycles. The Kier molecular flexibility index (Phi) is 9.77. The number of carbonyl (C=O) groups excluding carboxylic acids is 2. The van der Waals surface area contributed by atoms with Crippen molar-refractivity contribution in [2.24, 2.45) is 0 Å². The Morgan fingerprint density at radius 3 is 2.47 bits per heavy atom. The van der Waals surface area contributed by atoms with Gasteiger partial charge in [0, 0.05) is 18.4 Å². The lowest BCUT2D eigenvalue weighted by molar-refractivity contribution is -0.383. The monoisotopic (exact) mass is 414 g/mol. The third kappa shape index (κ3) is 7.46. The Bertz CT molecular complexity index is 866. The van der Waals surface area contributed by atoms with Gasteiger partial charge in [0.25, 0.3) is 11.6 Å². The van der Waals surface area contributed by atoms with Gasteiger partial charge in [0.2, 0.25) is 0 Å². The molecule has 0 saturated carbocycles. The van der Waals surface area contributed by atoms with Crippen LogP contribution in [-0.4, -0.2) is 16.8 Å². The van der Waals surface area contributed by atoms with Gasteiger partial charge in [-0.15, -0.1) is 0 Å². The molecule has 7 heteroatoms. The van der Waals surface area contributed by atoms with Gasteiger partial charge in [-0.2, -0.15) is 5.48 Å². The minimum Gasteiger partial charge on any atom is -0.341 e. The number of nitro groups is 1. The number of fused-ring (bicyclic) bond motifs is 1. The molecule has 0 atom stereocenters. The van der Waals surface area contributed by atoms with E-state index in [-0.39, 0.29) is 16.5 Å². The number of unbranched alkanes of at least 4 members (excludes halogenated alkanes) is 5. The zero-order chi connectivity index (χ0) is 21.8. The van der Waals surface area contributed by atoms with Crippen molar-refractivity contribution in [3.63, 3.8) is 0 Å². The number of amides is 1. The number of carbonyl (C=O) groups is 2. The van der Waals surface area contributed by atoms with Crippen molar-refractivity contribution in [1.82, 2.24) is 5.48 Å². The van der Waals surface area contributed by atoms with Crippen LogP contribution in [0.3, 0.4) is 0 Å². The van der Waals surface area contributed by atoms with Crippen LogP contribution in [0.25, 0.3) is 10.8 Å². The Hall–Kier alpha value is -2.96. The second-order valence-electron chi connectivity index (χ2n) is 7.42. The highest BCUT2D eigenvalue weighted by atomic mass is 16.7. The molecule has 0 fully saturated rings. The van der Waals surface area contributed by atoms with Crippen molar-refractivity contribution in [3.05, 3.63) is 52.1 Å². The van der Waals surface area contributed by atoms with E-state index >= 15 is 0 Å². The van der Waals surface area contributed by atoms with E-state index in [0.717, 1.165) is 49.5 Å². The average Bonchev–Trinajstić information content (AvgIpc) is 2.74. The van der Waals surface area contributed by atoms with Crippen molar-refractivity contribution in [1.29, 1.82) is 0 Å². The molecule has 2 aromatic rings. The Morgan fingerprint density at radius 1 is 0.967 bits per heavy atom. The fraction of sp³-hybridized carbons (Fsp3) is 0.478. The number of hydroxylamine groups is 1. The molecule has 162 valence electrons. The Balaban J connectivity index is 1.67. The first-order valence-corrected chi connectivity index (χ1v) is 10.7. The number of benzene rings is 2. The summed E-state index contributed by atoms with van der Waals surface area (Å²) >= 11 is 0. The van der Waals surface area contributed by atoms with Gasteiger partial charge < -0.3 is 4.84 Å². The van der Waals surface area contributed by atoms with E-state index in [4.69, 9.17) is 4.84 Å². The van der Waals surface area contributed by atoms with E-state index in [1.165, 1.54) is 0 Å². The second-order valence-corrected chi connectivity index (χ2v) is 7.42. The van der Waals surface area contributed by atoms with Crippen LogP contribution in [0.1, 0.15) is 70.3 Å². The number of hydrogen-bond acceptors (Lipinski definition) is 5. The van der Waals surface area contributed by atoms with Gasteiger partial charge in [-0.1, -0.05) is 62.9 Å². The topological polar surface area (TPSA) is 98.5 Å². The average molecular weight is 415 g/mol. The summed E-state index contributed by atoms with van der Waals surface area (Å²) in [7, 11) is 0. The zero-order valence-corrected chi connectivity index (χ0v) is 17.5. The van der Waals surface area contributed by atoms with Gasteiger partial charge >= 0.3 is 5.97 Å². The lowest BCUT2D eigenvalue weighted by Crippen LogP contribution is -2.26. The number of nitro benzene ring substituents is 1. The van der Waals surface area contributed by atoms with Gasteiger partial charge in [0.1, 0.15) is 0 Å². The first-order valence-electron chi connectivity index (χ1n) is 10.7. The molecule has 0 bridgehead atoms. The quantitative estimate of drug-likeness (QED) is 0.285. The number of nitrogens with one attached hydrogen (secondary N) is 1. The number of hydrogen-bond donors (Lipinski definition) is 1. The van der Waals surface area contributed by atoms with Gasteiger partial charge in [-0.3, -0.25) is 14.9 Å². The molecule has 2 aromatic carbocycles. The molecule has 0 aliphatic rings. The van der Waals surface area contributed by atoms with E-state index in [1.807, 2.05) is 30.3 Å². The van der Waals surface area contributed by atoms with E-state index < -0.39 is 5.97 Å². The van der Waals surface area contributed by atoms with Gasteiger partial charge in [0.15, 0.2) is 0 Å².